The molecule has 184 valence electrons. The van der Waals surface area contributed by atoms with E-state index < -0.39 is 6.10 Å². The maximum atomic E-state index is 11.2. The molecule has 0 aromatic heterocycles. The zero-order valence-corrected chi connectivity index (χ0v) is 19.9. The first-order valence-electron chi connectivity index (χ1n) is 12.6. The van der Waals surface area contributed by atoms with E-state index in [0.29, 0.717) is 26.2 Å². The number of hydrogen-bond donors (Lipinski definition) is 1. The van der Waals surface area contributed by atoms with E-state index in [2.05, 4.69) is 54.6 Å². The number of aliphatic hydroxyl groups excluding tert-OH is 1. The van der Waals surface area contributed by atoms with Crippen LogP contribution in [0.2, 0.25) is 0 Å². The van der Waals surface area contributed by atoms with Crippen molar-refractivity contribution in [3.63, 3.8) is 0 Å². The summed E-state index contributed by atoms with van der Waals surface area (Å²) in [5.74, 6) is 1.65. The lowest BCUT2D eigenvalue weighted by Crippen LogP contribution is -2.11. The number of benzene rings is 4. The summed E-state index contributed by atoms with van der Waals surface area (Å²) in [4.78, 5) is 0. The van der Waals surface area contributed by atoms with Gasteiger partial charge in [-0.05, 0) is 50.9 Å². The van der Waals surface area contributed by atoms with Gasteiger partial charge in [0.15, 0.2) is 0 Å². The summed E-state index contributed by atoms with van der Waals surface area (Å²) < 4.78 is 28.4. The van der Waals surface area contributed by atoms with Gasteiger partial charge in [0.25, 0.3) is 0 Å². The lowest BCUT2D eigenvalue weighted by molar-refractivity contribution is 0.136. The fraction of sp³-hybridized carbons (Fsp3) is 0.333. The second-order valence-corrected chi connectivity index (χ2v) is 9.81. The van der Waals surface area contributed by atoms with Crippen molar-refractivity contribution >= 4 is 21.5 Å². The van der Waals surface area contributed by atoms with Gasteiger partial charge in [0.1, 0.15) is 49.1 Å². The summed E-state index contributed by atoms with van der Waals surface area (Å²) >= 11 is 0. The van der Waals surface area contributed by atoms with E-state index in [0.717, 1.165) is 62.9 Å². The Hall–Kier alpha value is -3.16. The minimum Gasteiger partial charge on any atom is -0.491 e. The first-order chi connectivity index (χ1) is 17.7. The summed E-state index contributed by atoms with van der Waals surface area (Å²) in [6.07, 6.45) is 0.108. The Morgan fingerprint density at radius 1 is 0.750 bits per heavy atom. The molecule has 36 heavy (non-hydrogen) atoms. The van der Waals surface area contributed by atoms with Crippen LogP contribution in [0, 0.1) is 0 Å². The predicted molar refractivity (Wildman–Crippen MR) is 136 cm³/mol. The van der Waals surface area contributed by atoms with Crippen LogP contribution in [-0.2, 0) is 20.6 Å². The van der Waals surface area contributed by atoms with Crippen molar-refractivity contribution in [2.45, 2.75) is 30.8 Å². The molecule has 1 N–H and O–H groups in total. The molecule has 4 aromatic carbocycles. The fourth-order valence-electron chi connectivity index (χ4n) is 4.89. The number of fused-ring (bicyclic) bond motifs is 2. The Morgan fingerprint density at radius 3 is 2.22 bits per heavy atom. The number of ether oxygens (including phenoxy) is 5. The Labute approximate surface area is 209 Å². The highest BCUT2D eigenvalue weighted by atomic mass is 16.6. The van der Waals surface area contributed by atoms with Crippen LogP contribution in [0.5, 0.6) is 11.5 Å². The third kappa shape index (κ3) is 4.53. The molecule has 4 atom stereocenters. The van der Waals surface area contributed by atoms with Gasteiger partial charge in [0, 0.05) is 12.0 Å². The third-order valence-corrected chi connectivity index (χ3v) is 7.19. The van der Waals surface area contributed by atoms with Crippen molar-refractivity contribution in [1.29, 1.82) is 0 Å². The van der Waals surface area contributed by atoms with Crippen molar-refractivity contribution in [3.8, 4) is 11.5 Å². The van der Waals surface area contributed by atoms with Gasteiger partial charge in [-0.25, -0.2) is 0 Å². The van der Waals surface area contributed by atoms with E-state index in [-0.39, 0.29) is 18.3 Å². The van der Waals surface area contributed by atoms with E-state index in [9.17, 15) is 5.11 Å². The maximum Gasteiger partial charge on any atom is 0.123 e. The summed E-state index contributed by atoms with van der Waals surface area (Å²) in [6, 6.07) is 22.8. The van der Waals surface area contributed by atoms with Gasteiger partial charge in [-0.15, -0.1) is 0 Å². The SMILES string of the molecule is OC(c1ccc2ccc(OCC3CO3)cc2c1Cc1c(OCC2CO2)ccc2ccccc12)C1CO1. The summed E-state index contributed by atoms with van der Waals surface area (Å²) in [6.45, 7) is 3.16. The number of epoxide rings is 3. The van der Waals surface area contributed by atoms with Crippen LogP contribution < -0.4 is 9.47 Å². The third-order valence-electron chi connectivity index (χ3n) is 7.19. The molecule has 3 saturated heterocycles. The van der Waals surface area contributed by atoms with E-state index in [1.54, 1.807) is 0 Å². The number of hydrogen-bond acceptors (Lipinski definition) is 6. The summed E-state index contributed by atoms with van der Waals surface area (Å²) in [7, 11) is 0. The van der Waals surface area contributed by atoms with Crippen molar-refractivity contribution in [1.82, 2.24) is 0 Å². The second-order valence-electron chi connectivity index (χ2n) is 9.81. The lowest BCUT2D eigenvalue weighted by atomic mass is 9.88. The Kier molecular flexibility index (Phi) is 5.55. The average Bonchev–Trinajstić information content (AvgIpc) is 3.77. The molecule has 0 aliphatic carbocycles. The van der Waals surface area contributed by atoms with Gasteiger partial charge in [-0.1, -0.05) is 48.5 Å². The smallest absolute Gasteiger partial charge is 0.123 e. The number of rotatable bonds is 10. The minimum atomic E-state index is -0.687. The minimum absolute atomic E-state index is 0.164. The maximum absolute atomic E-state index is 11.2. The molecule has 0 radical (unpaired) electrons. The quantitative estimate of drug-likeness (QED) is 0.332. The van der Waals surface area contributed by atoms with Crippen molar-refractivity contribution in [2.75, 3.05) is 33.0 Å². The average molecular weight is 485 g/mol. The molecule has 4 unspecified atom stereocenters. The van der Waals surface area contributed by atoms with Crippen LogP contribution in [0.1, 0.15) is 22.8 Å². The molecule has 7 rings (SSSR count). The molecule has 6 heteroatoms. The zero-order valence-electron chi connectivity index (χ0n) is 19.9. The molecule has 0 spiro atoms. The molecule has 4 aromatic rings. The van der Waals surface area contributed by atoms with Crippen LogP contribution >= 0.6 is 0 Å². The van der Waals surface area contributed by atoms with Crippen LogP contribution in [0.3, 0.4) is 0 Å². The molecule has 6 nitrogen and oxygen atoms in total. The summed E-state index contributed by atoms with van der Waals surface area (Å²) in [5, 5.41) is 15.6. The van der Waals surface area contributed by atoms with Crippen molar-refractivity contribution in [2.24, 2.45) is 0 Å². The Balaban J connectivity index is 1.35. The molecule has 0 amide bonds. The summed E-state index contributed by atoms with van der Waals surface area (Å²) in [5.41, 5.74) is 3.05. The van der Waals surface area contributed by atoms with E-state index >= 15 is 0 Å². The molecule has 3 aliphatic rings. The van der Waals surface area contributed by atoms with Gasteiger partial charge in [-0.3, -0.25) is 0 Å². The fourth-order valence-corrected chi connectivity index (χ4v) is 4.89. The highest BCUT2D eigenvalue weighted by Crippen LogP contribution is 2.39. The standard InChI is InChI=1S/C30H28O6/c31-30(29-17-36-29)24-9-6-19-5-8-20(32-13-21-14-33-21)11-25(19)26(24)12-27-23-4-2-1-3-18(23)7-10-28(27)35-16-22-15-34-22/h1-11,21-22,29-31H,12-17H2. The van der Waals surface area contributed by atoms with E-state index in [4.69, 9.17) is 23.7 Å². The van der Waals surface area contributed by atoms with E-state index in [1.807, 2.05) is 12.1 Å². The van der Waals surface area contributed by atoms with Crippen molar-refractivity contribution in [3.05, 3.63) is 83.4 Å². The zero-order chi connectivity index (χ0) is 24.1. The van der Waals surface area contributed by atoms with E-state index in [1.165, 1.54) is 0 Å². The van der Waals surface area contributed by atoms with Crippen LogP contribution in [0.15, 0.2) is 66.7 Å². The second kappa shape index (κ2) is 9.05. The van der Waals surface area contributed by atoms with Gasteiger partial charge >= 0.3 is 0 Å². The topological polar surface area (TPSA) is 76.3 Å². The van der Waals surface area contributed by atoms with Gasteiger partial charge < -0.3 is 28.8 Å². The van der Waals surface area contributed by atoms with Gasteiger partial charge in [0.2, 0.25) is 0 Å². The highest BCUT2D eigenvalue weighted by molar-refractivity contribution is 5.91. The number of aliphatic hydroxyl groups is 1. The molecule has 3 heterocycles. The molecule has 0 saturated carbocycles. The molecule has 3 aliphatic heterocycles. The van der Waals surface area contributed by atoms with Crippen LogP contribution in [0.4, 0.5) is 0 Å². The molecular weight excluding hydrogens is 456 g/mol. The van der Waals surface area contributed by atoms with Crippen LogP contribution in [0.25, 0.3) is 21.5 Å². The monoisotopic (exact) mass is 484 g/mol. The predicted octanol–water partition coefficient (Wildman–Crippen LogP) is 4.57. The lowest BCUT2D eigenvalue weighted by Gasteiger charge is -2.20. The van der Waals surface area contributed by atoms with Crippen molar-refractivity contribution < 1.29 is 28.8 Å². The Bertz CT molecular complexity index is 1420. The first kappa shape index (κ1) is 22.1. The molecule has 3 fully saturated rings. The largest absolute Gasteiger partial charge is 0.491 e. The van der Waals surface area contributed by atoms with Gasteiger partial charge in [0.05, 0.1) is 19.8 Å². The first-order valence-corrected chi connectivity index (χ1v) is 12.6. The highest BCUT2D eigenvalue weighted by Gasteiger charge is 2.34. The Morgan fingerprint density at radius 2 is 1.44 bits per heavy atom. The molecule has 0 bridgehead atoms. The van der Waals surface area contributed by atoms with Crippen LogP contribution in [-0.4, -0.2) is 56.5 Å². The molecular formula is C30H28O6. The van der Waals surface area contributed by atoms with Gasteiger partial charge in [-0.2, -0.15) is 0 Å². The normalized spacial score (nSPS) is 23.0.